The Morgan fingerprint density at radius 1 is 1.00 bits per heavy atom. The first-order chi connectivity index (χ1) is 9.59. The molecule has 0 aliphatic heterocycles. The van der Waals surface area contributed by atoms with Crippen molar-refractivity contribution < 1.29 is 26.3 Å². The van der Waals surface area contributed by atoms with E-state index in [2.05, 4.69) is 5.32 Å². The molecule has 1 unspecified atom stereocenters. The van der Waals surface area contributed by atoms with Gasteiger partial charge in [0.25, 0.3) is 0 Å². The predicted octanol–water partition coefficient (Wildman–Crippen LogP) is 4.78. The largest absolute Gasteiger partial charge is 0.402 e. The summed E-state index contributed by atoms with van der Waals surface area (Å²) in [7, 11) is 0. The molecule has 0 spiro atoms. The molecule has 1 N–H and O–H groups in total. The van der Waals surface area contributed by atoms with Gasteiger partial charge >= 0.3 is 12.4 Å². The third-order valence-electron chi connectivity index (χ3n) is 3.18. The molecule has 7 heteroatoms. The summed E-state index contributed by atoms with van der Waals surface area (Å²) >= 11 is 0. The van der Waals surface area contributed by atoms with Crippen molar-refractivity contribution in [2.24, 2.45) is 5.92 Å². The molecule has 0 fully saturated rings. The van der Waals surface area contributed by atoms with Gasteiger partial charge in [-0.1, -0.05) is 31.2 Å². The second kappa shape index (κ2) is 6.68. The SMILES string of the molecule is CCCNC(c1ccccc1C)C(C(F)(F)F)C(F)(F)F. The minimum Gasteiger partial charge on any atom is -0.309 e. The zero-order valence-corrected chi connectivity index (χ0v) is 11.6. The highest BCUT2D eigenvalue weighted by atomic mass is 19.4. The summed E-state index contributed by atoms with van der Waals surface area (Å²) in [5.74, 6) is -3.43. The second-order valence-electron chi connectivity index (χ2n) is 4.85. The molecular formula is C14H17F6N. The van der Waals surface area contributed by atoms with E-state index in [1.807, 2.05) is 0 Å². The van der Waals surface area contributed by atoms with Gasteiger partial charge in [-0.2, -0.15) is 26.3 Å². The molecule has 1 aromatic rings. The van der Waals surface area contributed by atoms with Crippen molar-refractivity contribution in [1.29, 1.82) is 0 Å². The van der Waals surface area contributed by atoms with Crippen LogP contribution in [0.3, 0.4) is 0 Å². The van der Waals surface area contributed by atoms with Crippen molar-refractivity contribution in [3.05, 3.63) is 35.4 Å². The molecule has 0 aromatic heterocycles. The first kappa shape index (κ1) is 17.8. The van der Waals surface area contributed by atoms with E-state index >= 15 is 0 Å². The Kier molecular flexibility index (Phi) is 5.67. The maximum absolute atomic E-state index is 13.0. The lowest BCUT2D eigenvalue weighted by Crippen LogP contribution is -2.46. The molecule has 0 saturated carbocycles. The van der Waals surface area contributed by atoms with Crippen LogP contribution in [0.5, 0.6) is 0 Å². The molecule has 1 nitrogen and oxygen atoms in total. The Morgan fingerprint density at radius 2 is 1.52 bits per heavy atom. The summed E-state index contributed by atoms with van der Waals surface area (Å²) in [6.45, 7) is 3.25. The molecule has 0 bridgehead atoms. The number of nitrogens with one attached hydrogen (secondary N) is 1. The van der Waals surface area contributed by atoms with E-state index in [-0.39, 0.29) is 12.1 Å². The number of hydrogen-bond donors (Lipinski definition) is 1. The van der Waals surface area contributed by atoms with Crippen LogP contribution in [0.1, 0.15) is 30.5 Å². The highest BCUT2D eigenvalue weighted by molar-refractivity contribution is 5.30. The van der Waals surface area contributed by atoms with Gasteiger partial charge in [0.15, 0.2) is 5.92 Å². The highest BCUT2D eigenvalue weighted by Gasteiger charge is 2.60. The van der Waals surface area contributed by atoms with Crippen molar-refractivity contribution in [2.75, 3.05) is 6.54 Å². The summed E-state index contributed by atoms with van der Waals surface area (Å²) in [5.41, 5.74) is 0.412. The molecule has 0 amide bonds. The fourth-order valence-corrected chi connectivity index (χ4v) is 2.21. The zero-order chi connectivity index (χ0) is 16.3. The monoisotopic (exact) mass is 313 g/mol. The fourth-order valence-electron chi connectivity index (χ4n) is 2.21. The van der Waals surface area contributed by atoms with Crippen LogP contribution in [0.25, 0.3) is 0 Å². The predicted molar refractivity (Wildman–Crippen MR) is 67.8 cm³/mol. The Balaban J connectivity index is 3.31. The van der Waals surface area contributed by atoms with Crippen molar-refractivity contribution in [1.82, 2.24) is 5.32 Å². The van der Waals surface area contributed by atoms with Crippen LogP contribution < -0.4 is 5.32 Å². The molecule has 0 heterocycles. The Morgan fingerprint density at radius 3 is 1.95 bits per heavy atom. The quantitative estimate of drug-likeness (QED) is 0.772. The minimum atomic E-state index is -5.37. The average Bonchev–Trinajstić information content (AvgIpc) is 2.32. The van der Waals surface area contributed by atoms with Gasteiger partial charge in [-0.15, -0.1) is 0 Å². The van der Waals surface area contributed by atoms with Gasteiger partial charge in [0.2, 0.25) is 0 Å². The molecule has 0 aliphatic rings. The van der Waals surface area contributed by atoms with Gasteiger partial charge in [-0.05, 0) is 31.0 Å². The minimum absolute atomic E-state index is 0.0191. The van der Waals surface area contributed by atoms with Crippen molar-refractivity contribution in [3.8, 4) is 0 Å². The number of alkyl halides is 6. The van der Waals surface area contributed by atoms with E-state index in [9.17, 15) is 26.3 Å². The molecule has 1 aromatic carbocycles. The normalized spacial score (nSPS) is 14.5. The van der Waals surface area contributed by atoms with Gasteiger partial charge in [0, 0.05) is 0 Å². The maximum Gasteiger partial charge on any atom is 0.402 e. The van der Waals surface area contributed by atoms with Crippen LogP contribution in [0.4, 0.5) is 26.3 Å². The lowest BCUT2D eigenvalue weighted by atomic mass is 9.89. The molecular weight excluding hydrogens is 296 g/mol. The summed E-state index contributed by atoms with van der Waals surface area (Å²) < 4.78 is 77.7. The maximum atomic E-state index is 13.0. The van der Waals surface area contributed by atoms with Crippen LogP contribution in [0, 0.1) is 12.8 Å². The molecule has 0 aliphatic carbocycles. The number of rotatable bonds is 5. The molecule has 1 atom stereocenters. The van der Waals surface area contributed by atoms with Gasteiger partial charge in [-0.3, -0.25) is 0 Å². The molecule has 21 heavy (non-hydrogen) atoms. The van der Waals surface area contributed by atoms with Crippen LogP contribution in [-0.4, -0.2) is 18.9 Å². The van der Waals surface area contributed by atoms with Crippen LogP contribution >= 0.6 is 0 Å². The van der Waals surface area contributed by atoms with E-state index in [0.717, 1.165) is 0 Å². The zero-order valence-electron chi connectivity index (χ0n) is 11.6. The van der Waals surface area contributed by atoms with Gasteiger partial charge in [0.1, 0.15) is 0 Å². The average molecular weight is 313 g/mol. The lowest BCUT2D eigenvalue weighted by molar-refractivity contribution is -0.292. The number of hydrogen-bond acceptors (Lipinski definition) is 1. The number of aryl methyl sites for hydroxylation is 1. The van der Waals surface area contributed by atoms with Gasteiger partial charge < -0.3 is 5.32 Å². The van der Waals surface area contributed by atoms with Crippen LogP contribution in [-0.2, 0) is 0 Å². The Labute approximate surface area is 119 Å². The van der Waals surface area contributed by atoms with Crippen LogP contribution in [0.15, 0.2) is 24.3 Å². The standard InChI is InChI=1S/C14H17F6N/c1-3-8-21-11(10-7-5-4-6-9(10)2)12(13(15,16)17)14(18,19)20/h4-7,11-12,21H,3,8H2,1-2H3. The highest BCUT2D eigenvalue weighted by Crippen LogP contribution is 2.46. The fraction of sp³-hybridized carbons (Fsp3) is 0.571. The lowest BCUT2D eigenvalue weighted by Gasteiger charge is -2.32. The van der Waals surface area contributed by atoms with E-state index in [1.54, 1.807) is 13.0 Å². The van der Waals surface area contributed by atoms with E-state index < -0.39 is 24.3 Å². The summed E-state index contributed by atoms with van der Waals surface area (Å²) in [6.07, 6.45) is -10.3. The van der Waals surface area contributed by atoms with Crippen molar-refractivity contribution in [3.63, 3.8) is 0 Å². The summed E-state index contributed by atoms with van der Waals surface area (Å²) in [4.78, 5) is 0. The number of benzene rings is 1. The van der Waals surface area contributed by atoms with Crippen LogP contribution in [0.2, 0.25) is 0 Å². The first-order valence-corrected chi connectivity index (χ1v) is 6.51. The van der Waals surface area contributed by atoms with Gasteiger partial charge in [0.05, 0.1) is 6.04 Å². The van der Waals surface area contributed by atoms with E-state index in [4.69, 9.17) is 0 Å². The third-order valence-corrected chi connectivity index (χ3v) is 3.18. The summed E-state index contributed by atoms with van der Waals surface area (Å²) in [5, 5.41) is 2.40. The topological polar surface area (TPSA) is 12.0 Å². The Bertz CT molecular complexity index is 438. The molecule has 1 rings (SSSR count). The molecule has 0 saturated heterocycles. The van der Waals surface area contributed by atoms with Crippen molar-refractivity contribution >= 4 is 0 Å². The second-order valence-corrected chi connectivity index (χ2v) is 4.85. The smallest absolute Gasteiger partial charge is 0.309 e. The summed E-state index contributed by atoms with van der Waals surface area (Å²) in [6, 6.07) is 3.97. The Hall–Kier alpha value is -1.24. The molecule has 0 radical (unpaired) electrons. The molecule has 120 valence electrons. The first-order valence-electron chi connectivity index (χ1n) is 6.51. The van der Waals surface area contributed by atoms with E-state index in [1.165, 1.54) is 25.1 Å². The van der Waals surface area contributed by atoms with Gasteiger partial charge in [-0.25, -0.2) is 0 Å². The third kappa shape index (κ3) is 4.62. The van der Waals surface area contributed by atoms with E-state index in [0.29, 0.717) is 12.0 Å². The number of halogens is 6. The van der Waals surface area contributed by atoms with Crippen molar-refractivity contribution in [2.45, 2.75) is 38.7 Å².